The van der Waals surface area contributed by atoms with Crippen molar-refractivity contribution in [1.82, 2.24) is 19.8 Å². The second-order valence-electron chi connectivity index (χ2n) is 8.65. The van der Waals surface area contributed by atoms with E-state index >= 15 is 0 Å². The van der Waals surface area contributed by atoms with Crippen molar-refractivity contribution in [3.05, 3.63) is 99.6 Å². The molecule has 6 nitrogen and oxygen atoms in total. The van der Waals surface area contributed by atoms with Crippen molar-refractivity contribution < 1.29 is 9.59 Å². The molecule has 1 aliphatic rings. The lowest BCUT2D eigenvalue weighted by Gasteiger charge is -2.32. The summed E-state index contributed by atoms with van der Waals surface area (Å²) < 4.78 is 1.91. The number of benzene rings is 3. The summed E-state index contributed by atoms with van der Waals surface area (Å²) in [6.07, 6.45) is 3.20. The zero-order chi connectivity index (χ0) is 24.5. The molecule has 0 fully saturated rings. The lowest BCUT2D eigenvalue weighted by atomic mass is 10.0. The van der Waals surface area contributed by atoms with Crippen molar-refractivity contribution in [3.8, 4) is 0 Å². The number of carbonyl (C=O) groups is 2. The van der Waals surface area contributed by atoms with Gasteiger partial charge in [0.05, 0.1) is 22.3 Å². The number of amides is 2. The maximum absolute atomic E-state index is 13.5. The number of rotatable bonds is 5. The fraction of sp³-hybridized carbons (Fsp3) is 0.222. The van der Waals surface area contributed by atoms with E-state index in [1.807, 2.05) is 53.1 Å². The van der Waals surface area contributed by atoms with Crippen LogP contribution in [0.2, 0.25) is 10.0 Å². The smallest absolute Gasteiger partial charge is 0.269 e. The highest BCUT2D eigenvalue weighted by Gasteiger charge is 2.32. The van der Waals surface area contributed by atoms with E-state index in [0.717, 1.165) is 35.0 Å². The molecule has 0 spiro atoms. The van der Waals surface area contributed by atoms with Gasteiger partial charge in [0.15, 0.2) is 0 Å². The van der Waals surface area contributed by atoms with Gasteiger partial charge in [0.2, 0.25) is 0 Å². The number of hydrogen-bond donors (Lipinski definition) is 1. The average Bonchev–Trinajstić information content (AvgIpc) is 3.33. The van der Waals surface area contributed by atoms with Crippen LogP contribution in [-0.2, 0) is 13.1 Å². The Morgan fingerprint density at radius 1 is 1.09 bits per heavy atom. The molecule has 0 saturated heterocycles. The Hall–Kier alpha value is -3.35. The highest BCUT2D eigenvalue weighted by atomic mass is 35.5. The number of nitrogens with one attached hydrogen (secondary N) is 1. The lowest BCUT2D eigenvalue weighted by Crippen LogP contribution is -2.36. The molecule has 0 bridgehead atoms. The number of fused-ring (bicyclic) bond motifs is 2. The zero-order valence-corrected chi connectivity index (χ0v) is 20.7. The summed E-state index contributed by atoms with van der Waals surface area (Å²) in [5, 5.41) is 5.73. The van der Waals surface area contributed by atoms with Crippen LogP contribution in [0.5, 0.6) is 0 Å². The maximum Gasteiger partial charge on any atom is 0.269 e. The van der Waals surface area contributed by atoms with Gasteiger partial charge in [0, 0.05) is 25.7 Å². The third-order valence-electron chi connectivity index (χ3n) is 6.56. The molecule has 2 heterocycles. The van der Waals surface area contributed by atoms with E-state index in [-0.39, 0.29) is 24.4 Å². The second kappa shape index (κ2) is 9.72. The normalized spacial score (nSPS) is 15.0. The van der Waals surface area contributed by atoms with Gasteiger partial charge in [-0.05, 0) is 41.3 Å². The number of halogens is 2. The zero-order valence-electron chi connectivity index (χ0n) is 19.2. The number of carbonyl (C=O) groups excluding carboxylic acids is 2. The van der Waals surface area contributed by atoms with Gasteiger partial charge in [0.25, 0.3) is 11.8 Å². The Morgan fingerprint density at radius 2 is 1.86 bits per heavy atom. The van der Waals surface area contributed by atoms with Crippen molar-refractivity contribution in [3.63, 3.8) is 0 Å². The minimum Gasteiger partial charge on any atom is -0.347 e. The summed E-state index contributed by atoms with van der Waals surface area (Å²) in [6, 6.07) is 18.7. The molecule has 1 atom stereocenters. The number of aromatic nitrogens is 2. The van der Waals surface area contributed by atoms with Gasteiger partial charge >= 0.3 is 0 Å². The first kappa shape index (κ1) is 23.4. The van der Waals surface area contributed by atoms with E-state index in [1.54, 1.807) is 30.3 Å². The first-order valence-electron chi connectivity index (χ1n) is 11.5. The standard InChI is InChI=1S/C27H24Cl2N4O2/c1-32(27(35)20-11-4-8-17-7-2-3-10-19(17)20)22-13-6-14-33-23(16-30-25(22)33)26(34)31-15-18-9-5-12-21(28)24(18)29/h2-5,7-12,16,22H,6,13-15H2,1H3,(H,31,34). The summed E-state index contributed by atoms with van der Waals surface area (Å²) in [6.45, 7) is 0.921. The van der Waals surface area contributed by atoms with E-state index in [4.69, 9.17) is 23.2 Å². The van der Waals surface area contributed by atoms with E-state index in [0.29, 0.717) is 27.8 Å². The van der Waals surface area contributed by atoms with Gasteiger partial charge in [-0.2, -0.15) is 0 Å². The number of hydrogen-bond acceptors (Lipinski definition) is 3. The van der Waals surface area contributed by atoms with Crippen LogP contribution in [0.25, 0.3) is 10.8 Å². The van der Waals surface area contributed by atoms with E-state index in [1.165, 1.54) is 0 Å². The van der Waals surface area contributed by atoms with Crippen molar-refractivity contribution in [1.29, 1.82) is 0 Å². The van der Waals surface area contributed by atoms with Crippen molar-refractivity contribution >= 4 is 45.8 Å². The molecule has 3 aromatic carbocycles. The number of nitrogens with zero attached hydrogens (tertiary/aromatic N) is 3. The van der Waals surface area contributed by atoms with Gasteiger partial charge in [-0.15, -0.1) is 0 Å². The minimum absolute atomic E-state index is 0.0650. The summed E-state index contributed by atoms with van der Waals surface area (Å²) >= 11 is 12.3. The maximum atomic E-state index is 13.5. The van der Waals surface area contributed by atoms with E-state index in [9.17, 15) is 9.59 Å². The highest BCUT2D eigenvalue weighted by molar-refractivity contribution is 6.42. The Morgan fingerprint density at radius 3 is 2.71 bits per heavy atom. The Labute approximate surface area is 213 Å². The van der Waals surface area contributed by atoms with Gasteiger partial charge in [-0.1, -0.05) is 71.7 Å². The van der Waals surface area contributed by atoms with Crippen molar-refractivity contribution in [2.45, 2.75) is 32.0 Å². The molecule has 35 heavy (non-hydrogen) atoms. The molecular formula is C27H24Cl2N4O2. The molecule has 178 valence electrons. The van der Waals surface area contributed by atoms with Crippen LogP contribution in [0.4, 0.5) is 0 Å². The fourth-order valence-corrected chi connectivity index (χ4v) is 5.09. The first-order chi connectivity index (χ1) is 17.0. The third-order valence-corrected chi connectivity index (χ3v) is 7.41. The molecule has 1 aromatic heterocycles. The Bertz CT molecular complexity index is 1430. The number of imidazole rings is 1. The average molecular weight is 507 g/mol. The summed E-state index contributed by atoms with van der Waals surface area (Å²) in [4.78, 5) is 32.8. The Balaban J connectivity index is 1.37. The SMILES string of the molecule is CN(C(=O)c1cccc2ccccc12)C1CCCn2c(C(=O)NCc3cccc(Cl)c3Cl)cnc21. The van der Waals surface area contributed by atoms with Crippen molar-refractivity contribution in [2.24, 2.45) is 0 Å². The Kier molecular flexibility index (Phi) is 6.50. The van der Waals surface area contributed by atoms with Crippen LogP contribution >= 0.6 is 23.2 Å². The van der Waals surface area contributed by atoms with Crippen molar-refractivity contribution in [2.75, 3.05) is 7.05 Å². The van der Waals surface area contributed by atoms with Crippen LogP contribution in [0.1, 0.15) is 51.1 Å². The molecule has 0 saturated carbocycles. The molecule has 8 heteroatoms. The molecule has 1 aliphatic heterocycles. The molecule has 0 aliphatic carbocycles. The fourth-order valence-electron chi connectivity index (χ4n) is 4.71. The third kappa shape index (κ3) is 4.40. The summed E-state index contributed by atoms with van der Waals surface area (Å²) in [5.41, 5.74) is 1.86. The van der Waals surface area contributed by atoms with Crippen LogP contribution in [0, 0.1) is 0 Å². The predicted molar refractivity (Wildman–Crippen MR) is 138 cm³/mol. The van der Waals surface area contributed by atoms with Crippen LogP contribution in [-0.4, -0.2) is 33.3 Å². The quantitative estimate of drug-likeness (QED) is 0.367. The molecule has 1 N–H and O–H groups in total. The highest BCUT2D eigenvalue weighted by Crippen LogP contribution is 2.32. The van der Waals surface area contributed by atoms with E-state index in [2.05, 4.69) is 10.3 Å². The van der Waals surface area contributed by atoms with Crippen LogP contribution in [0.3, 0.4) is 0 Å². The predicted octanol–water partition coefficient (Wildman–Crippen LogP) is 5.88. The van der Waals surface area contributed by atoms with Crippen LogP contribution in [0.15, 0.2) is 66.9 Å². The second-order valence-corrected chi connectivity index (χ2v) is 9.43. The molecule has 1 unspecified atom stereocenters. The molecule has 4 aromatic rings. The minimum atomic E-state index is -0.247. The van der Waals surface area contributed by atoms with Gasteiger partial charge in [0.1, 0.15) is 11.5 Å². The van der Waals surface area contributed by atoms with Gasteiger partial charge < -0.3 is 14.8 Å². The topological polar surface area (TPSA) is 67.2 Å². The molecule has 2 amide bonds. The largest absolute Gasteiger partial charge is 0.347 e. The van der Waals surface area contributed by atoms with E-state index < -0.39 is 0 Å². The lowest BCUT2D eigenvalue weighted by molar-refractivity contribution is 0.0698. The van der Waals surface area contributed by atoms with Gasteiger partial charge in [-0.3, -0.25) is 9.59 Å². The molecule has 0 radical (unpaired) electrons. The summed E-state index contributed by atoms with van der Waals surface area (Å²) in [7, 11) is 1.81. The van der Waals surface area contributed by atoms with Gasteiger partial charge in [-0.25, -0.2) is 4.98 Å². The molecule has 5 rings (SSSR count). The first-order valence-corrected chi connectivity index (χ1v) is 12.2. The summed E-state index contributed by atoms with van der Waals surface area (Å²) in [5.74, 6) is 0.409. The van der Waals surface area contributed by atoms with Crippen LogP contribution < -0.4 is 5.32 Å². The molecular weight excluding hydrogens is 483 g/mol. The monoisotopic (exact) mass is 506 g/mol.